The summed E-state index contributed by atoms with van der Waals surface area (Å²) in [5, 5.41) is 6.37. The van der Waals surface area contributed by atoms with Gasteiger partial charge in [-0.05, 0) is 46.5 Å². The fraction of sp³-hybridized carbons (Fsp3) is 0.792. The maximum atomic E-state index is 13.7. The fourth-order valence-corrected chi connectivity index (χ4v) is 6.84. The van der Waals surface area contributed by atoms with Gasteiger partial charge in [0.25, 0.3) is 0 Å². The molecule has 3 amide bonds. The number of fused-ring (bicyclic) bond motifs is 1. The molecule has 5 rings (SSSR count). The molecule has 170 valence electrons. The molecule has 5 aliphatic rings. The second-order valence-corrected chi connectivity index (χ2v) is 10.6. The molecule has 2 N–H and O–H groups in total. The largest absolute Gasteiger partial charge is 0.356 e. The zero-order valence-electron chi connectivity index (χ0n) is 18.9. The van der Waals surface area contributed by atoms with Gasteiger partial charge in [-0.15, -0.1) is 0 Å². The van der Waals surface area contributed by atoms with Crippen LogP contribution >= 0.6 is 0 Å². The molecule has 31 heavy (non-hydrogen) atoms. The van der Waals surface area contributed by atoms with E-state index in [-0.39, 0.29) is 35.8 Å². The van der Waals surface area contributed by atoms with Crippen LogP contribution < -0.4 is 10.6 Å². The highest BCUT2D eigenvalue weighted by Crippen LogP contribution is 2.60. The van der Waals surface area contributed by atoms with Crippen LogP contribution in [0.4, 0.5) is 0 Å². The Labute approximate surface area is 184 Å². The van der Waals surface area contributed by atoms with E-state index in [4.69, 9.17) is 4.74 Å². The number of nitrogens with zero attached hydrogens (tertiary/aromatic N) is 1. The molecule has 0 radical (unpaired) electrons. The van der Waals surface area contributed by atoms with Gasteiger partial charge in [-0.25, -0.2) is 0 Å². The first-order valence-electron chi connectivity index (χ1n) is 12.1. The van der Waals surface area contributed by atoms with Crippen LogP contribution in [0.5, 0.6) is 0 Å². The fourth-order valence-electron chi connectivity index (χ4n) is 6.84. The Morgan fingerprint density at radius 3 is 2.10 bits per heavy atom. The number of amides is 3. The van der Waals surface area contributed by atoms with Crippen molar-refractivity contribution in [1.29, 1.82) is 0 Å². The zero-order valence-corrected chi connectivity index (χ0v) is 18.9. The minimum Gasteiger partial charge on any atom is -0.356 e. The second kappa shape index (κ2) is 7.32. The first kappa shape index (κ1) is 21.0. The van der Waals surface area contributed by atoms with E-state index < -0.39 is 29.1 Å². The molecule has 3 heterocycles. The highest BCUT2D eigenvalue weighted by molar-refractivity contribution is 6.00. The predicted molar refractivity (Wildman–Crippen MR) is 115 cm³/mol. The van der Waals surface area contributed by atoms with Gasteiger partial charge < -0.3 is 20.3 Å². The van der Waals surface area contributed by atoms with Crippen molar-refractivity contribution >= 4 is 17.7 Å². The molecule has 7 nitrogen and oxygen atoms in total. The Morgan fingerprint density at radius 1 is 1.00 bits per heavy atom. The number of carbonyl (C=O) groups is 3. The van der Waals surface area contributed by atoms with Crippen molar-refractivity contribution in [2.24, 2.45) is 11.8 Å². The average Bonchev–Trinajstić information content (AvgIpc) is 3.49. The lowest BCUT2D eigenvalue weighted by Gasteiger charge is -2.35. The molecule has 2 aliphatic carbocycles. The molecule has 5 atom stereocenters. The highest BCUT2D eigenvalue weighted by atomic mass is 16.5. The third-order valence-corrected chi connectivity index (χ3v) is 8.22. The SMILES string of the molecule is CC(C)N1C(=O)[C@@H]2[C@@H](C(=O)NC3CCCC3)[C@@]3(C)C=C[C@@]2(O3)[C@@H]1C(=O)NC1CCCC1. The first-order valence-corrected chi connectivity index (χ1v) is 12.1. The van der Waals surface area contributed by atoms with Gasteiger partial charge in [-0.2, -0.15) is 0 Å². The van der Waals surface area contributed by atoms with Crippen LogP contribution in [0.1, 0.15) is 72.1 Å². The number of carbonyl (C=O) groups excluding carboxylic acids is 3. The summed E-state index contributed by atoms with van der Waals surface area (Å²) in [6, 6.07) is -0.567. The van der Waals surface area contributed by atoms with Gasteiger partial charge in [-0.1, -0.05) is 37.8 Å². The van der Waals surface area contributed by atoms with Crippen molar-refractivity contribution in [2.45, 2.75) is 108 Å². The zero-order chi connectivity index (χ0) is 22.0. The molecular weight excluding hydrogens is 394 g/mol. The van der Waals surface area contributed by atoms with Crippen LogP contribution in [0.2, 0.25) is 0 Å². The van der Waals surface area contributed by atoms with Gasteiger partial charge >= 0.3 is 0 Å². The topological polar surface area (TPSA) is 87.7 Å². The van der Waals surface area contributed by atoms with Crippen molar-refractivity contribution in [1.82, 2.24) is 15.5 Å². The monoisotopic (exact) mass is 429 g/mol. The lowest BCUT2D eigenvalue weighted by molar-refractivity contribution is -0.147. The van der Waals surface area contributed by atoms with Crippen molar-refractivity contribution < 1.29 is 19.1 Å². The molecule has 1 spiro atoms. The summed E-state index contributed by atoms with van der Waals surface area (Å²) in [6.45, 7) is 5.74. The van der Waals surface area contributed by atoms with Crippen LogP contribution in [0.15, 0.2) is 12.2 Å². The maximum Gasteiger partial charge on any atom is 0.246 e. The van der Waals surface area contributed by atoms with Crippen LogP contribution in [0.25, 0.3) is 0 Å². The minimum atomic E-state index is -1.07. The molecule has 2 saturated heterocycles. The van der Waals surface area contributed by atoms with Crippen LogP contribution in [-0.2, 0) is 19.1 Å². The number of rotatable bonds is 5. The van der Waals surface area contributed by atoms with E-state index >= 15 is 0 Å². The maximum absolute atomic E-state index is 13.7. The van der Waals surface area contributed by atoms with Crippen LogP contribution in [0, 0.1) is 11.8 Å². The Morgan fingerprint density at radius 2 is 1.55 bits per heavy atom. The number of hydrogen-bond acceptors (Lipinski definition) is 4. The predicted octanol–water partition coefficient (Wildman–Crippen LogP) is 2.05. The van der Waals surface area contributed by atoms with Gasteiger partial charge in [-0.3, -0.25) is 14.4 Å². The average molecular weight is 430 g/mol. The Bertz CT molecular complexity index is 814. The smallest absolute Gasteiger partial charge is 0.246 e. The second-order valence-electron chi connectivity index (χ2n) is 10.6. The van der Waals surface area contributed by atoms with E-state index in [9.17, 15) is 14.4 Å². The molecule has 7 heteroatoms. The van der Waals surface area contributed by atoms with Gasteiger partial charge in [0.15, 0.2) is 0 Å². The van der Waals surface area contributed by atoms with Crippen LogP contribution in [-0.4, -0.2) is 58.0 Å². The van der Waals surface area contributed by atoms with E-state index in [0.29, 0.717) is 0 Å². The molecule has 2 saturated carbocycles. The molecule has 0 aromatic rings. The summed E-state index contributed by atoms with van der Waals surface area (Å²) >= 11 is 0. The summed E-state index contributed by atoms with van der Waals surface area (Å²) in [6.07, 6.45) is 12.2. The van der Waals surface area contributed by atoms with Crippen molar-refractivity contribution in [2.75, 3.05) is 0 Å². The molecule has 0 aromatic heterocycles. The first-order chi connectivity index (χ1) is 14.8. The lowest BCUT2D eigenvalue weighted by Crippen LogP contribution is -2.57. The van der Waals surface area contributed by atoms with Gasteiger partial charge in [0.1, 0.15) is 11.6 Å². The van der Waals surface area contributed by atoms with Crippen molar-refractivity contribution in [3.05, 3.63) is 12.2 Å². The lowest BCUT2D eigenvalue weighted by atomic mass is 9.70. The summed E-state index contributed by atoms with van der Waals surface area (Å²) in [5.74, 6) is -1.68. The molecule has 0 unspecified atom stereocenters. The summed E-state index contributed by atoms with van der Waals surface area (Å²) < 4.78 is 6.52. The number of likely N-dealkylation sites (tertiary alicyclic amines) is 1. The Balaban J connectivity index is 1.47. The summed E-state index contributed by atoms with van der Waals surface area (Å²) in [5.41, 5.74) is -1.94. The molecule has 2 bridgehead atoms. The van der Waals surface area contributed by atoms with Gasteiger partial charge in [0.05, 0.1) is 17.4 Å². The number of ether oxygens (including phenoxy) is 1. The Kier molecular flexibility index (Phi) is 4.96. The van der Waals surface area contributed by atoms with Crippen LogP contribution in [0.3, 0.4) is 0 Å². The van der Waals surface area contributed by atoms with E-state index in [0.717, 1.165) is 51.4 Å². The van der Waals surface area contributed by atoms with E-state index in [1.807, 2.05) is 32.9 Å². The molecule has 4 fully saturated rings. The minimum absolute atomic E-state index is 0.112. The molecular formula is C24H35N3O4. The Hall–Kier alpha value is -1.89. The third kappa shape index (κ3) is 3.06. The normalized spacial score (nSPS) is 39.7. The van der Waals surface area contributed by atoms with Gasteiger partial charge in [0, 0.05) is 18.1 Å². The van der Waals surface area contributed by atoms with Crippen molar-refractivity contribution in [3.63, 3.8) is 0 Å². The molecule has 0 aromatic carbocycles. The highest BCUT2D eigenvalue weighted by Gasteiger charge is 2.76. The van der Waals surface area contributed by atoms with Gasteiger partial charge in [0.2, 0.25) is 17.7 Å². The third-order valence-electron chi connectivity index (χ3n) is 8.22. The number of nitrogens with one attached hydrogen (secondary N) is 2. The van der Waals surface area contributed by atoms with Crippen molar-refractivity contribution in [3.8, 4) is 0 Å². The van der Waals surface area contributed by atoms with E-state index in [2.05, 4.69) is 10.6 Å². The standard InChI is InChI=1S/C24H35N3O4/c1-14(2)27-19(21(29)26-16-10-6-7-11-16)24-13-12-23(3,31-24)17(18(24)22(27)30)20(28)25-15-8-4-5-9-15/h12-19H,4-11H2,1-3H3,(H,25,28)(H,26,29)/t17-,18-,19-,23+,24-/m0/s1. The summed E-state index contributed by atoms with van der Waals surface area (Å²) in [7, 11) is 0. The quantitative estimate of drug-likeness (QED) is 0.655. The van der Waals surface area contributed by atoms with E-state index in [1.54, 1.807) is 4.90 Å². The van der Waals surface area contributed by atoms with E-state index in [1.165, 1.54) is 0 Å². The number of hydrogen-bond donors (Lipinski definition) is 2. The summed E-state index contributed by atoms with van der Waals surface area (Å²) in [4.78, 5) is 42.3. The molecule has 3 aliphatic heterocycles.